The first-order valence-electron chi connectivity index (χ1n) is 6.93. The minimum atomic E-state index is -0.774. The number of piperidine rings is 1. The maximum Gasteiger partial charge on any atom is 0.303 e. The highest BCUT2D eigenvalue weighted by Crippen LogP contribution is 2.25. The summed E-state index contributed by atoms with van der Waals surface area (Å²) in [5.74, 6) is -0.907. The number of hydrogen-bond donors (Lipinski definition) is 1. The Labute approximate surface area is 131 Å². The minimum Gasteiger partial charge on any atom is -0.481 e. The predicted octanol–water partition coefficient (Wildman–Crippen LogP) is 3.31. The second-order valence-electron chi connectivity index (χ2n) is 5.29. The Morgan fingerprint density at radius 3 is 2.57 bits per heavy atom. The van der Waals surface area contributed by atoms with Crippen molar-refractivity contribution in [2.24, 2.45) is 5.92 Å². The van der Waals surface area contributed by atoms with Gasteiger partial charge >= 0.3 is 5.97 Å². The number of carbonyl (C=O) groups is 2. The number of carbonyl (C=O) groups excluding carboxylic acids is 1. The molecule has 4 nitrogen and oxygen atoms in total. The molecule has 0 aliphatic carbocycles. The summed E-state index contributed by atoms with van der Waals surface area (Å²) < 4.78 is 13.5. The summed E-state index contributed by atoms with van der Waals surface area (Å²) in [4.78, 5) is 24.7. The van der Waals surface area contributed by atoms with Gasteiger partial charge in [-0.25, -0.2) is 4.39 Å². The lowest BCUT2D eigenvalue weighted by molar-refractivity contribution is -0.137. The average Bonchev–Trinajstić information content (AvgIpc) is 2.45. The SMILES string of the molecule is O=C(O)CCC1CCN(C(=O)c2ccc(F)cc2Br)CC1. The molecule has 1 aliphatic heterocycles. The van der Waals surface area contributed by atoms with E-state index in [0.29, 0.717) is 35.5 Å². The molecule has 1 aromatic carbocycles. The molecule has 1 saturated heterocycles. The zero-order chi connectivity index (χ0) is 15.4. The van der Waals surface area contributed by atoms with Gasteiger partial charge in [-0.05, 0) is 59.3 Å². The van der Waals surface area contributed by atoms with Gasteiger partial charge in [0.2, 0.25) is 0 Å². The van der Waals surface area contributed by atoms with Gasteiger partial charge in [0.1, 0.15) is 5.82 Å². The molecule has 1 heterocycles. The number of rotatable bonds is 4. The molecule has 6 heteroatoms. The Morgan fingerprint density at radius 2 is 2.00 bits per heavy atom. The molecule has 1 aliphatic rings. The van der Waals surface area contributed by atoms with Gasteiger partial charge in [-0.2, -0.15) is 0 Å². The zero-order valence-electron chi connectivity index (χ0n) is 11.5. The highest BCUT2D eigenvalue weighted by molar-refractivity contribution is 9.10. The van der Waals surface area contributed by atoms with E-state index in [0.717, 1.165) is 12.8 Å². The van der Waals surface area contributed by atoms with E-state index in [4.69, 9.17) is 5.11 Å². The Morgan fingerprint density at radius 1 is 1.33 bits per heavy atom. The molecule has 1 aromatic rings. The van der Waals surface area contributed by atoms with E-state index in [-0.39, 0.29) is 18.1 Å². The fourth-order valence-corrected chi connectivity index (χ4v) is 3.11. The van der Waals surface area contributed by atoms with Gasteiger partial charge in [0.15, 0.2) is 0 Å². The van der Waals surface area contributed by atoms with E-state index in [1.807, 2.05) is 0 Å². The van der Waals surface area contributed by atoms with Gasteiger partial charge in [0.05, 0.1) is 5.56 Å². The van der Waals surface area contributed by atoms with E-state index >= 15 is 0 Å². The molecule has 0 spiro atoms. The fraction of sp³-hybridized carbons (Fsp3) is 0.467. The maximum absolute atomic E-state index is 13.1. The van der Waals surface area contributed by atoms with Crippen molar-refractivity contribution in [1.29, 1.82) is 0 Å². The van der Waals surface area contributed by atoms with Gasteiger partial charge in [-0.3, -0.25) is 9.59 Å². The van der Waals surface area contributed by atoms with E-state index in [1.165, 1.54) is 18.2 Å². The Kier molecular flexibility index (Phi) is 5.33. The number of carboxylic acids is 1. The number of hydrogen-bond acceptors (Lipinski definition) is 2. The standard InChI is InChI=1S/C15H17BrFNO3/c16-13-9-11(17)2-3-12(13)15(21)18-7-5-10(6-8-18)1-4-14(19)20/h2-3,9-10H,1,4-8H2,(H,19,20). The van der Waals surface area contributed by atoms with Crippen molar-refractivity contribution >= 4 is 27.8 Å². The van der Waals surface area contributed by atoms with Crippen LogP contribution in [0, 0.1) is 11.7 Å². The van der Waals surface area contributed by atoms with Crippen LogP contribution in [0.2, 0.25) is 0 Å². The molecule has 1 N–H and O–H groups in total. The van der Waals surface area contributed by atoms with Gasteiger partial charge in [-0.1, -0.05) is 0 Å². The molecule has 2 rings (SSSR count). The Bertz CT molecular complexity index is 542. The summed E-state index contributed by atoms with van der Waals surface area (Å²) in [6.45, 7) is 1.24. The highest BCUT2D eigenvalue weighted by atomic mass is 79.9. The molecule has 0 bridgehead atoms. The smallest absolute Gasteiger partial charge is 0.303 e. The lowest BCUT2D eigenvalue weighted by Crippen LogP contribution is -2.38. The largest absolute Gasteiger partial charge is 0.481 e. The average molecular weight is 358 g/mol. The first-order chi connectivity index (χ1) is 9.97. The van der Waals surface area contributed by atoms with Crippen molar-refractivity contribution in [3.8, 4) is 0 Å². The lowest BCUT2D eigenvalue weighted by atomic mass is 9.92. The van der Waals surface area contributed by atoms with Crippen LogP contribution in [-0.4, -0.2) is 35.0 Å². The van der Waals surface area contributed by atoms with Crippen LogP contribution < -0.4 is 0 Å². The van der Waals surface area contributed by atoms with Crippen LogP contribution in [0.15, 0.2) is 22.7 Å². The van der Waals surface area contributed by atoms with Crippen molar-refractivity contribution in [3.63, 3.8) is 0 Å². The number of nitrogens with zero attached hydrogens (tertiary/aromatic N) is 1. The van der Waals surface area contributed by atoms with Gasteiger partial charge in [0, 0.05) is 24.0 Å². The quantitative estimate of drug-likeness (QED) is 0.899. The van der Waals surface area contributed by atoms with E-state index in [2.05, 4.69) is 15.9 Å². The maximum atomic E-state index is 13.1. The third kappa shape index (κ3) is 4.27. The van der Waals surface area contributed by atoms with Crippen LogP contribution in [0.4, 0.5) is 4.39 Å². The normalized spacial score (nSPS) is 16.0. The summed E-state index contributed by atoms with van der Waals surface area (Å²) in [5, 5.41) is 8.69. The summed E-state index contributed by atoms with van der Waals surface area (Å²) in [7, 11) is 0. The van der Waals surface area contributed by atoms with Crippen LogP contribution in [0.3, 0.4) is 0 Å². The number of aliphatic carboxylic acids is 1. The summed E-state index contributed by atoms with van der Waals surface area (Å²) in [6.07, 6.45) is 2.48. The van der Waals surface area contributed by atoms with Crippen LogP contribution in [0.1, 0.15) is 36.0 Å². The third-order valence-corrected chi connectivity index (χ3v) is 4.49. The van der Waals surface area contributed by atoms with Crippen molar-refractivity contribution in [3.05, 3.63) is 34.1 Å². The van der Waals surface area contributed by atoms with Crippen LogP contribution in [0.25, 0.3) is 0 Å². The van der Waals surface area contributed by atoms with Crippen molar-refractivity contribution < 1.29 is 19.1 Å². The fourth-order valence-electron chi connectivity index (χ4n) is 2.59. The van der Waals surface area contributed by atoms with Crippen LogP contribution in [-0.2, 0) is 4.79 Å². The number of halogens is 2. The highest BCUT2D eigenvalue weighted by Gasteiger charge is 2.25. The molecule has 0 aromatic heterocycles. The van der Waals surface area contributed by atoms with Crippen molar-refractivity contribution in [2.45, 2.75) is 25.7 Å². The molecule has 114 valence electrons. The second kappa shape index (κ2) is 7.02. The zero-order valence-corrected chi connectivity index (χ0v) is 13.1. The minimum absolute atomic E-state index is 0.112. The molecule has 1 amide bonds. The van der Waals surface area contributed by atoms with E-state index < -0.39 is 5.97 Å². The first-order valence-corrected chi connectivity index (χ1v) is 7.73. The summed E-state index contributed by atoms with van der Waals surface area (Å²) in [5.41, 5.74) is 0.459. The van der Waals surface area contributed by atoms with E-state index in [1.54, 1.807) is 4.90 Å². The van der Waals surface area contributed by atoms with Crippen molar-refractivity contribution in [1.82, 2.24) is 4.90 Å². The molecule has 0 radical (unpaired) electrons. The number of benzene rings is 1. The lowest BCUT2D eigenvalue weighted by Gasteiger charge is -2.32. The molecular formula is C15H17BrFNO3. The first kappa shape index (κ1) is 15.9. The number of carboxylic acid groups (broad SMARTS) is 1. The van der Waals surface area contributed by atoms with E-state index in [9.17, 15) is 14.0 Å². The molecular weight excluding hydrogens is 341 g/mol. The van der Waals surface area contributed by atoms with Crippen LogP contribution in [0.5, 0.6) is 0 Å². The number of likely N-dealkylation sites (tertiary alicyclic amines) is 1. The van der Waals surface area contributed by atoms with Crippen LogP contribution >= 0.6 is 15.9 Å². The predicted molar refractivity (Wildman–Crippen MR) is 79.6 cm³/mol. The number of amides is 1. The molecule has 21 heavy (non-hydrogen) atoms. The van der Waals surface area contributed by atoms with Crippen molar-refractivity contribution in [2.75, 3.05) is 13.1 Å². The molecule has 1 fully saturated rings. The summed E-state index contributed by atoms with van der Waals surface area (Å²) >= 11 is 3.21. The third-order valence-electron chi connectivity index (χ3n) is 3.83. The second-order valence-corrected chi connectivity index (χ2v) is 6.15. The molecule has 0 unspecified atom stereocenters. The topological polar surface area (TPSA) is 57.6 Å². The van der Waals surface area contributed by atoms with Gasteiger partial charge in [-0.15, -0.1) is 0 Å². The Balaban J connectivity index is 1.92. The van der Waals surface area contributed by atoms with Gasteiger partial charge < -0.3 is 10.0 Å². The molecule has 0 saturated carbocycles. The monoisotopic (exact) mass is 357 g/mol. The molecule has 0 atom stereocenters. The van der Waals surface area contributed by atoms with Gasteiger partial charge in [0.25, 0.3) is 5.91 Å². The Hall–Kier alpha value is -1.43. The summed E-state index contributed by atoms with van der Waals surface area (Å²) in [6, 6.07) is 4.04.